The fourth-order valence-electron chi connectivity index (χ4n) is 1.23. The minimum absolute atomic E-state index is 0.144. The molecule has 0 heterocycles. The van der Waals surface area contributed by atoms with E-state index >= 15 is 0 Å². The summed E-state index contributed by atoms with van der Waals surface area (Å²) in [5.74, 6) is 1.13. The van der Waals surface area contributed by atoms with Gasteiger partial charge >= 0.3 is 0 Å². The van der Waals surface area contributed by atoms with Gasteiger partial charge in [0.25, 0.3) is 5.91 Å². The molecular formula is C12H16BrNO2S. The predicted octanol–water partition coefficient (Wildman–Crippen LogP) is 2.65. The first-order valence-electron chi connectivity index (χ1n) is 5.29. The highest BCUT2D eigenvalue weighted by molar-refractivity contribution is 9.10. The van der Waals surface area contributed by atoms with Crippen LogP contribution in [-0.2, 0) is 4.79 Å². The van der Waals surface area contributed by atoms with Crippen LogP contribution in [0.1, 0.15) is 13.8 Å². The highest BCUT2D eigenvalue weighted by Crippen LogP contribution is 2.21. The molecule has 1 aromatic carbocycles. The fourth-order valence-corrected chi connectivity index (χ4v) is 1.60. The van der Waals surface area contributed by atoms with Crippen LogP contribution in [0.15, 0.2) is 28.7 Å². The van der Waals surface area contributed by atoms with Crippen molar-refractivity contribution in [3.8, 4) is 5.75 Å². The molecule has 0 spiro atoms. The van der Waals surface area contributed by atoms with E-state index in [0.29, 0.717) is 18.0 Å². The normalized spacial score (nSPS) is 11.1. The van der Waals surface area contributed by atoms with Gasteiger partial charge in [-0.1, -0.05) is 15.9 Å². The van der Waals surface area contributed by atoms with E-state index in [9.17, 15) is 4.79 Å². The van der Waals surface area contributed by atoms with Crippen LogP contribution in [0.2, 0.25) is 0 Å². The summed E-state index contributed by atoms with van der Waals surface area (Å²) < 4.78 is 6.63. The van der Waals surface area contributed by atoms with Crippen molar-refractivity contribution in [1.82, 2.24) is 5.32 Å². The van der Waals surface area contributed by atoms with Gasteiger partial charge < -0.3 is 10.1 Å². The molecule has 0 bridgehead atoms. The second-order valence-corrected chi connectivity index (χ2v) is 5.41. The highest BCUT2D eigenvalue weighted by Gasteiger charge is 2.29. The van der Waals surface area contributed by atoms with E-state index in [1.165, 1.54) is 0 Å². The molecule has 0 aliphatic heterocycles. The maximum atomic E-state index is 11.8. The number of benzene rings is 1. The summed E-state index contributed by atoms with van der Waals surface area (Å²) in [6.07, 6.45) is 0. The molecule has 0 saturated carbocycles. The first-order valence-corrected chi connectivity index (χ1v) is 6.72. The monoisotopic (exact) mass is 317 g/mol. The van der Waals surface area contributed by atoms with Gasteiger partial charge in [-0.25, -0.2) is 0 Å². The number of rotatable bonds is 5. The molecule has 5 heteroatoms. The lowest BCUT2D eigenvalue weighted by Crippen LogP contribution is -2.47. The summed E-state index contributed by atoms with van der Waals surface area (Å²) in [6.45, 7) is 4.01. The molecule has 1 amide bonds. The Morgan fingerprint density at radius 3 is 2.53 bits per heavy atom. The van der Waals surface area contributed by atoms with Crippen LogP contribution in [0, 0.1) is 0 Å². The van der Waals surface area contributed by atoms with Gasteiger partial charge in [-0.3, -0.25) is 4.79 Å². The average molecular weight is 318 g/mol. The van der Waals surface area contributed by atoms with Crippen LogP contribution >= 0.6 is 28.6 Å². The zero-order valence-electron chi connectivity index (χ0n) is 9.87. The first-order chi connectivity index (χ1) is 7.95. The second-order valence-electron chi connectivity index (χ2n) is 4.05. The second kappa shape index (κ2) is 6.31. The van der Waals surface area contributed by atoms with Crippen LogP contribution in [-0.4, -0.2) is 23.8 Å². The zero-order valence-corrected chi connectivity index (χ0v) is 12.3. The molecular weight excluding hydrogens is 302 g/mol. The van der Waals surface area contributed by atoms with Crippen molar-refractivity contribution in [2.45, 2.75) is 19.4 Å². The van der Waals surface area contributed by atoms with E-state index in [-0.39, 0.29) is 5.91 Å². The van der Waals surface area contributed by atoms with Crippen molar-refractivity contribution in [2.24, 2.45) is 0 Å². The van der Waals surface area contributed by atoms with Crippen molar-refractivity contribution >= 4 is 34.5 Å². The summed E-state index contributed by atoms with van der Waals surface area (Å²) >= 11 is 7.39. The number of hydrogen-bond acceptors (Lipinski definition) is 3. The van der Waals surface area contributed by atoms with Crippen molar-refractivity contribution < 1.29 is 9.53 Å². The molecule has 1 N–H and O–H groups in total. The molecule has 0 aliphatic rings. The van der Waals surface area contributed by atoms with E-state index in [4.69, 9.17) is 4.74 Å². The molecule has 94 valence electrons. The third-order valence-corrected chi connectivity index (χ3v) is 2.88. The van der Waals surface area contributed by atoms with Crippen molar-refractivity contribution in [3.05, 3.63) is 28.7 Å². The Morgan fingerprint density at radius 1 is 1.41 bits per heavy atom. The topological polar surface area (TPSA) is 38.3 Å². The first kappa shape index (κ1) is 14.4. The van der Waals surface area contributed by atoms with Gasteiger partial charge in [-0.05, 0) is 38.1 Å². The molecule has 0 aromatic heterocycles. The Balaban J connectivity index is 2.65. The van der Waals surface area contributed by atoms with Crippen molar-refractivity contribution in [1.29, 1.82) is 0 Å². The van der Waals surface area contributed by atoms with Gasteiger partial charge in [0.2, 0.25) is 0 Å². The summed E-state index contributed by atoms with van der Waals surface area (Å²) in [4.78, 5) is 11.8. The number of halogens is 1. The average Bonchev–Trinajstić information content (AvgIpc) is 2.28. The van der Waals surface area contributed by atoms with Gasteiger partial charge in [-0.2, -0.15) is 12.6 Å². The van der Waals surface area contributed by atoms with Crippen molar-refractivity contribution in [3.63, 3.8) is 0 Å². The van der Waals surface area contributed by atoms with E-state index in [2.05, 4.69) is 33.9 Å². The summed E-state index contributed by atoms with van der Waals surface area (Å²) in [5, 5.41) is 2.75. The van der Waals surface area contributed by atoms with Crippen LogP contribution in [0.25, 0.3) is 0 Å². The van der Waals surface area contributed by atoms with E-state index in [1.54, 1.807) is 13.8 Å². The van der Waals surface area contributed by atoms with Gasteiger partial charge in [0.15, 0.2) is 5.60 Å². The zero-order chi connectivity index (χ0) is 12.9. The quantitative estimate of drug-likeness (QED) is 0.819. The molecule has 1 rings (SSSR count). The predicted molar refractivity (Wildman–Crippen MR) is 75.7 cm³/mol. The molecule has 1 aromatic rings. The van der Waals surface area contributed by atoms with Gasteiger partial charge in [-0.15, -0.1) is 0 Å². The third-order valence-electron chi connectivity index (χ3n) is 2.13. The Bertz CT molecular complexity index is 379. The Morgan fingerprint density at radius 2 is 2.00 bits per heavy atom. The number of hydrogen-bond donors (Lipinski definition) is 2. The number of carbonyl (C=O) groups is 1. The van der Waals surface area contributed by atoms with Crippen LogP contribution in [0.3, 0.4) is 0 Å². The van der Waals surface area contributed by atoms with Crippen LogP contribution < -0.4 is 10.1 Å². The molecule has 0 atom stereocenters. The molecule has 0 unspecified atom stereocenters. The van der Waals surface area contributed by atoms with Crippen molar-refractivity contribution in [2.75, 3.05) is 12.3 Å². The summed E-state index contributed by atoms with van der Waals surface area (Å²) in [5.41, 5.74) is -0.892. The lowest BCUT2D eigenvalue weighted by atomic mass is 10.1. The lowest BCUT2D eigenvalue weighted by molar-refractivity contribution is -0.134. The van der Waals surface area contributed by atoms with Crippen LogP contribution in [0.5, 0.6) is 5.75 Å². The standard InChI is InChI=1S/C12H16BrNO2S/c1-12(2,11(15)14-7-8-17)16-10-5-3-9(13)4-6-10/h3-6,17H,7-8H2,1-2H3,(H,14,15). The molecule has 0 fully saturated rings. The number of amides is 1. The SMILES string of the molecule is CC(C)(Oc1ccc(Br)cc1)C(=O)NCCS. The summed E-state index contributed by atoms with van der Waals surface area (Å²) in [6, 6.07) is 7.38. The maximum Gasteiger partial charge on any atom is 0.263 e. The molecule has 0 aliphatic carbocycles. The molecule has 0 saturated heterocycles. The summed E-state index contributed by atoms with van der Waals surface area (Å²) in [7, 11) is 0. The molecule has 17 heavy (non-hydrogen) atoms. The van der Waals surface area contributed by atoms with E-state index in [0.717, 1.165) is 4.47 Å². The largest absolute Gasteiger partial charge is 0.478 e. The lowest BCUT2D eigenvalue weighted by Gasteiger charge is -2.25. The van der Waals surface area contributed by atoms with Gasteiger partial charge in [0, 0.05) is 16.8 Å². The highest BCUT2D eigenvalue weighted by atomic mass is 79.9. The van der Waals surface area contributed by atoms with Crippen LogP contribution in [0.4, 0.5) is 0 Å². The minimum Gasteiger partial charge on any atom is -0.478 e. The molecule has 0 radical (unpaired) electrons. The number of thiol groups is 1. The number of carbonyl (C=O) groups excluding carboxylic acids is 1. The van der Waals surface area contributed by atoms with Gasteiger partial charge in [0.05, 0.1) is 0 Å². The number of ether oxygens (including phenoxy) is 1. The van der Waals surface area contributed by atoms with E-state index < -0.39 is 5.60 Å². The Labute approximate surface area is 115 Å². The minimum atomic E-state index is -0.892. The van der Waals surface area contributed by atoms with E-state index in [1.807, 2.05) is 24.3 Å². The smallest absolute Gasteiger partial charge is 0.263 e. The third kappa shape index (κ3) is 4.60. The fraction of sp³-hybridized carbons (Fsp3) is 0.417. The Kier molecular flexibility index (Phi) is 5.33. The maximum absolute atomic E-state index is 11.8. The Hall–Kier alpha value is -0.680. The number of nitrogens with one attached hydrogen (secondary N) is 1. The van der Waals surface area contributed by atoms with Gasteiger partial charge in [0.1, 0.15) is 5.75 Å². The molecule has 3 nitrogen and oxygen atoms in total.